The molecule has 0 aromatic heterocycles. The number of benzene rings is 2. The molecule has 0 aliphatic carbocycles. The molecule has 0 bridgehead atoms. The van der Waals surface area contributed by atoms with Crippen LogP contribution in [0.5, 0.6) is 5.75 Å². The zero-order valence-corrected chi connectivity index (χ0v) is 14.2. The summed E-state index contributed by atoms with van der Waals surface area (Å²) >= 11 is 0. The maximum Gasteiger partial charge on any atom is 0.224 e. The number of amides is 1. The van der Waals surface area contributed by atoms with Crippen LogP contribution in [0.1, 0.15) is 42.1 Å². The first-order chi connectivity index (χ1) is 11.6. The predicted octanol–water partition coefficient (Wildman–Crippen LogP) is 4.39. The van der Waals surface area contributed by atoms with Crippen molar-refractivity contribution in [3.63, 3.8) is 0 Å². The van der Waals surface area contributed by atoms with E-state index in [2.05, 4.69) is 5.32 Å². The second-order valence-corrected chi connectivity index (χ2v) is 5.68. The van der Waals surface area contributed by atoms with Crippen LogP contribution >= 0.6 is 0 Å². The number of nitrogens with one attached hydrogen (secondary N) is 1. The zero-order chi connectivity index (χ0) is 17.4. The summed E-state index contributed by atoms with van der Waals surface area (Å²) < 4.78 is 5.61. The number of Topliss-reactive ketones (excluding diaryl/α,β-unsaturated/α-hetero) is 1. The van der Waals surface area contributed by atoms with Gasteiger partial charge in [0.05, 0.1) is 12.3 Å². The van der Waals surface area contributed by atoms with Crippen LogP contribution < -0.4 is 10.1 Å². The third kappa shape index (κ3) is 5.23. The van der Waals surface area contributed by atoms with Crippen LogP contribution in [0.2, 0.25) is 0 Å². The third-order valence-electron chi connectivity index (χ3n) is 3.58. The Bertz CT molecular complexity index is 692. The van der Waals surface area contributed by atoms with Crippen LogP contribution in [0.4, 0.5) is 5.69 Å². The summed E-state index contributed by atoms with van der Waals surface area (Å²) in [7, 11) is 0. The molecule has 2 aromatic rings. The van der Waals surface area contributed by atoms with Crippen LogP contribution in [0.25, 0.3) is 0 Å². The van der Waals surface area contributed by atoms with Crippen LogP contribution in [-0.2, 0) is 4.79 Å². The summed E-state index contributed by atoms with van der Waals surface area (Å²) in [6, 6.07) is 14.7. The van der Waals surface area contributed by atoms with Gasteiger partial charge in [-0.15, -0.1) is 0 Å². The molecule has 0 saturated heterocycles. The SMILES string of the molecule is CCCOc1ccccc1NC(=O)CCC(=O)c1ccc(C)cc1. The lowest BCUT2D eigenvalue weighted by atomic mass is 10.0. The Kier molecular flexibility index (Phi) is 6.55. The molecular formula is C20H23NO3. The second-order valence-electron chi connectivity index (χ2n) is 5.68. The van der Waals surface area contributed by atoms with E-state index in [1.54, 1.807) is 18.2 Å². The number of hydrogen-bond donors (Lipinski definition) is 1. The molecule has 4 heteroatoms. The second kappa shape index (κ2) is 8.87. The fourth-order valence-corrected chi connectivity index (χ4v) is 2.23. The molecule has 1 N–H and O–H groups in total. The first kappa shape index (κ1) is 17.7. The first-order valence-corrected chi connectivity index (χ1v) is 8.21. The molecule has 0 saturated carbocycles. The summed E-state index contributed by atoms with van der Waals surface area (Å²) in [5, 5.41) is 2.82. The van der Waals surface area contributed by atoms with Gasteiger partial charge in [0.1, 0.15) is 5.75 Å². The van der Waals surface area contributed by atoms with E-state index in [1.807, 2.05) is 44.2 Å². The lowest BCUT2D eigenvalue weighted by molar-refractivity contribution is -0.116. The highest BCUT2D eigenvalue weighted by molar-refractivity contribution is 6.00. The summed E-state index contributed by atoms with van der Waals surface area (Å²) in [4.78, 5) is 24.2. The highest BCUT2D eigenvalue weighted by atomic mass is 16.5. The van der Waals surface area contributed by atoms with Gasteiger partial charge in [-0.25, -0.2) is 0 Å². The third-order valence-corrected chi connectivity index (χ3v) is 3.58. The number of hydrogen-bond acceptors (Lipinski definition) is 3. The number of carbonyl (C=O) groups excluding carboxylic acids is 2. The van der Waals surface area contributed by atoms with Crippen molar-refractivity contribution < 1.29 is 14.3 Å². The van der Waals surface area contributed by atoms with Crippen molar-refractivity contribution in [2.75, 3.05) is 11.9 Å². The zero-order valence-electron chi connectivity index (χ0n) is 14.2. The number of para-hydroxylation sites is 2. The lowest BCUT2D eigenvalue weighted by Gasteiger charge is -2.11. The van der Waals surface area contributed by atoms with E-state index in [0.717, 1.165) is 12.0 Å². The smallest absolute Gasteiger partial charge is 0.224 e. The average molecular weight is 325 g/mol. The summed E-state index contributed by atoms with van der Waals surface area (Å²) in [5.41, 5.74) is 2.38. The molecule has 1 amide bonds. The Morgan fingerprint density at radius 1 is 1.00 bits per heavy atom. The minimum Gasteiger partial charge on any atom is -0.491 e. The molecule has 2 rings (SSSR count). The number of ketones is 1. The topological polar surface area (TPSA) is 55.4 Å². The molecule has 0 aliphatic heterocycles. The lowest BCUT2D eigenvalue weighted by Crippen LogP contribution is -2.14. The van der Waals surface area contributed by atoms with Crippen molar-refractivity contribution >= 4 is 17.4 Å². The molecule has 0 aliphatic rings. The van der Waals surface area contributed by atoms with Crippen LogP contribution in [0.3, 0.4) is 0 Å². The van der Waals surface area contributed by atoms with E-state index in [9.17, 15) is 9.59 Å². The van der Waals surface area contributed by atoms with Gasteiger partial charge in [0.2, 0.25) is 5.91 Å². The number of carbonyl (C=O) groups is 2. The molecule has 0 atom stereocenters. The quantitative estimate of drug-likeness (QED) is 0.733. The molecular weight excluding hydrogens is 302 g/mol. The Labute approximate surface area is 142 Å². The maximum atomic E-state index is 12.1. The van der Waals surface area contributed by atoms with Crippen molar-refractivity contribution in [2.45, 2.75) is 33.1 Å². The van der Waals surface area contributed by atoms with Crippen LogP contribution in [0, 0.1) is 6.92 Å². The molecule has 2 aromatic carbocycles. The van der Waals surface area contributed by atoms with E-state index in [1.165, 1.54) is 0 Å². The van der Waals surface area contributed by atoms with Gasteiger partial charge < -0.3 is 10.1 Å². The molecule has 0 heterocycles. The Hall–Kier alpha value is -2.62. The molecule has 0 radical (unpaired) electrons. The van der Waals surface area contributed by atoms with E-state index < -0.39 is 0 Å². The molecule has 4 nitrogen and oxygen atoms in total. The monoisotopic (exact) mass is 325 g/mol. The molecule has 0 spiro atoms. The Balaban J connectivity index is 1.89. The Morgan fingerprint density at radius 3 is 2.42 bits per heavy atom. The van der Waals surface area contributed by atoms with E-state index in [0.29, 0.717) is 23.6 Å². The highest BCUT2D eigenvalue weighted by Crippen LogP contribution is 2.24. The van der Waals surface area contributed by atoms with Crippen molar-refractivity contribution in [3.05, 3.63) is 59.7 Å². The summed E-state index contributed by atoms with van der Waals surface area (Å²) in [5.74, 6) is 0.432. The number of anilines is 1. The standard InChI is InChI=1S/C20H23NO3/c1-3-14-24-19-7-5-4-6-17(19)21-20(23)13-12-18(22)16-10-8-15(2)9-11-16/h4-11H,3,12-14H2,1-2H3,(H,21,23). The van der Waals surface area contributed by atoms with Gasteiger partial charge in [0.25, 0.3) is 0 Å². The van der Waals surface area contributed by atoms with E-state index >= 15 is 0 Å². The van der Waals surface area contributed by atoms with Gasteiger partial charge in [0.15, 0.2) is 5.78 Å². The molecule has 126 valence electrons. The molecule has 0 unspecified atom stereocenters. The first-order valence-electron chi connectivity index (χ1n) is 8.21. The van der Waals surface area contributed by atoms with Crippen LogP contribution in [0.15, 0.2) is 48.5 Å². The van der Waals surface area contributed by atoms with E-state index in [4.69, 9.17) is 4.74 Å². The van der Waals surface area contributed by atoms with Gasteiger partial charge in [-0.1, -0.05) is 48.9 Å². The Morgan fingerprint density at radius 2 is 1.71 bits per heavy atom. The minimum absolute atomic E-state index is 0.0272. The number of ether oxygens (including phenoxy) is 1. The maximum absolute atomic E-state index is 12.1. The predicted molar refractivity (Wildman–Crippen MR) is 95.6 cm³/mol. The highest BCUT2D eigenvalue weighted by Gasteiger charge is 2.11. The number of aryl methyl sites for hydroxylation is 1. The van der Waals surface area contributed by atoms with Gasteiger partial charge in [-0.05, 0) is 25.5 Å². The average Bonchev–Trinajstić information content (AvgIpc) is 2.59. The van der Waals surface area contributed by atoms with Crippen molar-refractivity contribution in [1.29, 1.82) is 0 Å². The van der Waals surface area contributed by atoms with Crippen molar-refractivity contribution in [2.24, 2.45) is 0 Å². The van der Waals surface area contributed by atoms with Crippen molar-refractivity contribution in [1.82, 2.24) is 0 Å². The van der Waals surface area contributed by atoms with Gasteiger partial charge in [-0.3, -0.25) is 9.59 Å². The number of rotatable bonds is 8. The van der Waals surface area contributed by atoms with Crippen molar-refractivity contribution in [3.8, 4) is 5.75 Å². The molecule has 0 fully saturated rings. The van der Waals surface area contributed by atoms with Gasteiger partial charge in [-0.2, -0.15) is 0 Å². The van der Waals surface area contributed by atoms with Crippen LogP contribution in [-0.4, -0.2) is 18.3 Å². The fourth-order valence-electron chi connectivity index (χ4n) is 2.23. The fraction of sp³-hybridized carbons (Fsp3) is 0.300. The normalized spacial score (nSPS) is 10.2. The minimum atomic E-state index is -0.192. The van der Waals surface area contributed by atoms with Gasteiger partial charge >= 0.3 is 0 Å². The summed E-state index contributed by atoms with van der Waals surface area (Å²) in [6.45, 7) is 4.59. The van der Waals surface area contributed by atoms with Gasteiger partial charge in [0, 0.05) is 18.4 Å². The summed E-state index contributed by atoms with van der Waals surface area (Å²) in [6.07, 6.45) is 1.23. The molecule has 24 heavy (non-hydrogen) atoms. The largest absolute Gasteiger partial charge is 0.491 e. The van der Waals surface area contributed by atoms with E-state index in [-0.39, 0.29) is 24.5 Å².